The van der Waals surface area contributed by atoms with Gasteiger partial charge in [-0.25, -0.2) is 4.79 Å². The van der Waals surface area contributed by atoms with Crippen LogP contribution in [0.25, 0.3) is 10.9 Å². The van der Waals surface area contributed by atoms with Crippen LogP contribution in [0.15, 0.2) is 103 Å². The summed E-state index contributed by atoms with van der Waals surface area (Å²) in [5, 5.41) is 3.66. The molecule has 1 N–H and O–H groups in total. The number of nitrogens with zero attached hydrogens (tertiary/aromatic N) is 2. The van der Waals surface area contributed by atoms with E-state index in [4.69, 9.17) is 4.74 Å². The van der Waals surface area contributed by atoms with Crippen molar-refractivity contribution in [2.45, 2.75) is 32.7 Å². The minimum atomic E-state index is -0.502. The Bertz CT molecular complexity index is 1390. The molecule has 1 amide bonds. The zero-order valence-electron chi connectivity index (χ0n) is 21.5. The van der Waals surface area contributed by atoms with E-state index in [0.29, 0.717) is 11.5 Å². The third-order valence-electron chi connectivity index (χ3n) is 7.06. The van der Waals surface area contributed by atoms with E-state index >= 15 is 0 Å². The van der Waals surface area contributed by atoms with E-state index in [1.54, 1.807) is 6.08 Å². The standard InChI is InChI=1S/C32H33N3O3/c36-31(16-15-25-17-19-34(20-18-25)21-26-9-3-1-4-10-26)29-22-35(30-14-8-7-13-28(29)30)24-33-32(37)38-23-27-11-5-2-6-12-27/h1-16,22,25H,17-21,23-24H2,(H,33,37)/b16-15+. The first-order valence-corrected chi connectivity index (χ1v) is 13.2. The van der Waals surface area contributed by atoms with Gasteiger partial charge in [0.2, 0.25) is 0 Å². The number of likely N-dealkylation sites (tertiary alicyclic amines) is 1. The van der Waals surface area contributed by atoms with E-state index in [9.17, 15) is 9.59 Å². The lowest BCUT2D eigenvalue weighted by Gasteiger charge is -2.30. The average Bonchev–Trinajstić information content (AvgIpc) is 3.34. The molecule has 0 aliphatic carbocycles. The van der Waals surface area contributed by atoms with Crippen LogP contribution in [0.2, 0.25) is 0 Å². The highest BCUT2D eigenvalue weighted by Gasteiger charge is 2.19. The highest BCUT2D eigenvalue weighted by molar-refractivity contribution is 6.13. The predicted octanol–water partition coefficient (Wildman–Crippen LogP) is 6.18. The monoisotopic (exact) mass is 507 g/mol. The molecule has 1 aliphatic heterocycles. The normalized spacial score (nSPS) is 14.6. The van der Waals surface area contributed by atoms with Gasteiger partial charge in [0.05, 0.1) is 12.2 Å². The number of ether oxygens (including phenoxy) is 1. The van der Waals surface area contributed by atoms with Crippen molar-refractivity contribution < 1.29 is 14.3 Å². The summed E-state index contributed by atoms with van der Waals surface area (Å²) in [6.45, 7) is 3.46. The van der Waals surface area contributed by atoms with Gasteiger partial charge in [-0.1, -0.05) is 84.9 Å². The minimum Gasteiger partial charge on any atom is -0.445 e. The summed E-state index contributed by atoms with van der Waals surface area (Å²) in [5.41, 5.74) is 3.79. The molecule has 4 aromatic rings. The van der Waals surface area contributed by atoms with Gasteiger partial charge in [-0.05, 0) is 55.1 Å². The summed E-state index contributed by atoms with van der Waals surface area (Å²) in [7, 11) is 0. The molecule has 3 aromatic carbocycles. The van der Waals surface area contributed by atoms with Crippen LogP contribution in [-0.2, 0) is 24.6 Å². The molecule has 0 atom stereocenters. The Hall–Kier alpha value is -4.16. The second-order valence-electron chi connectivity index (χ2n) is 9.75. The van der Waals surface area contributed by atoms with Crippen molar-refractivity contribution in [3.8, 4) is 0 Å². The van der Waals surface area contributed by atoms with Gasteiger partial charge in [0.15, 0.2) is 5.78 Å². The number of ketones is 1. The molecule has 1 saturated heterocycles. The minimum absolute atomic E-state index is 0.0154. The third kappa shape index (κ3) is 6.58. The van der Waals surface area contributed by atoms with Crippen molar-refractivity contribution in [2.75, 3.05) is 13.1 Å². The summed E-state index contributed by atoms with van der Waals surface area (Å²) in [6, 6.07) is 27.9. The van der Waals surface area contributed by atoms with Gasteiger partial charge >= 0.3 is 6.09 Å². The van der Waals surface area contributed by atoms with E-state index in [2.05, 4.69) is 40.6 Å². The van der Waals surface area contributed by atoms with Gasteiger partial charge in [0.25, 0.3) is 0 Å². The molecule has 194 valence electrons. The fourth-order valence-corrected chi connectivity index (χ4v) is 4.96. The average molecular weight is 508 g/mol. The maximum absolute atomic E-state index is 13.2. The highest BCUT2D eigenvalue weighted by atomic mass is 16.5. The first kappa shape index (κ1) is 25.5. The van der Waals surface area contributed by atoms with Gasteiger partial charge in [-0.15, -0.1) is 0 Å². The molecular weight excluding hydrogens is 474 g/mol. The lowest BCUT2D eigenvalue weighted by Crippen LogP contribution is -2.32. The summed E-state index contributed by atoms with van der Waals surface area (Å²) in [5.74, 6) is 0.388. The quantitative estimate of drug-likeness (QED) is 0.217. The molecule has 1 fully saturated rings. The Morgan fingerprint density at radius 1 is 0.868 bits per heavy atom. The Morgan fingerprint density at radius 3 is 2.26 bits per heavy atom. The Morgan fingerprint density at radius 2 is 1.53 bits per heavy atom. The number of carbonyl (C=O) groups is 2. The van der Waals surface area contributed by atoms with Crippen LogP contribution in [0.1, 0.15) is 34.3 Å². The fraction of sp³-hybridized carbons (Fsp3) is 0.250. The molecule has 1 aromatic heterocycles. The number of nitrogens with one attached hydrogen (secondary N) is 1. The van der Waals surface area contributed by atoms with Crippen molar-refractivity contribution >= 4 is 22.8 Å². The van der Waals surface area contributed by atoms with Crippen molar-refractivity contribution in [1.82, 2.24) is 14.8 Å². The lowest BCUT2D eigenvalue weighted by atomic mass is 9.95. The second-order valence-corrected chi connectivity index (χ2v) is 9.75. The van der Waals surface area contributed by atoms with Crippen LogP contribution in [0.4, 0.5) is 4.79 Å². The summed E-state index contributed by atoms with van der Waals surface area (Å²) in [4.78, 5) is 27.9. The SMILES string of the molecule is O=C(NCn1cc(C(=O)/C=C/C2CCN(Cc3ccccc3)CC2)c2ccccc21)OCc1ccccc1. The molecule has 6 nitrogen and oxygen atoms in total. The molecule has 0 unspecified atom stereocenters. The van der Waals surface area contributed by atoms with Crippen LogP contribution in [0, 0.1) is 5.92 Å². The van der Waals surface area contributed by atoms with Gasteiger partial charge in [-0.2, -0.15) is 0 Å². The van der Waals surface area contributed by atoms with Crippen LogP contribution in [-0.4, -0.2) is 34.4 Å². The summed E-state index contributed by atoms with van der Waals surface area (Å²) < 4.78 is 7.19. The number of carbonyl (C=O) groups excluding carboxylic acids is 2. The largest absolute Gasteiger partial charge is 0.445 e. The smallest absolute Gasteiger partial charge is 0.408 e. The first-order valence-electron chi connectivity index (χ1n) is 13.2. The van der Waals surface area contributed by atoms with Crippen molar-refractivity contribution in [3.05, 3.63) is 120 Å². The van der Waals surface area contributed by atoms with E-state index in [-0.39, 0.29) is 19.1 Å². The molecule has 0 bridgehead atoms. The molecule has 38 heavy (non-hydrogen) atoms. The molecule has 0 saturated carbocycles. The number of para-hydroxylation sites is 1. The number of rotatable bonds is 9. The molecule has 0 spiro atoms. The molecule has 0 radical (unpaired) electrons. The van der Waals surface area contributed by atoms with Gasteiger partial charge in [0.1, 0.15) is 6.61 Å². The fourth-order valence-electron chi connectivity index (χ4n) is 4.96. The molecule has 2 heterocycles. The summed E-state index contributed by atoms with van der Waals surface area (Å²) in [6.07, 6.45) is 7.22. The Balaban J connectivity index is 1.16. The number of hydrogen-bond donors (Lipinski definition) is 1. The molecule has 1 aliphatic rings. The number of fused-ring (bicyclic) bond motifs is 1. The van der Waals surface area contributed by atoms with Crippen LogP contribution >= 0.6 is 0 Å². The number of amides is 1. The van der Waals surface area contributed by atoms with E-state index in [1.807, 2.05) is 71.4 Å². The van der Waals surface area contributed by atoms with Crippen LogP contribution < -0.4 is 5.32 Å². The van der Waals surface area contributed by atoms with E-state index in [1.165, 1.54) is 5.56 Å². The third-order valence-corrected chi connectivity index (χ3v) is 7.06. The van der Waals surface area contributed by atoms with Crippen LogP contribution in [0.3, 0.4) is 0 Å². The van der Waals surface area contributed by atoms with Gasteiger partial charge < -0.3 is 14.6 Å². The van der Waals surface area contributed by atoms with E-state index < -0.39 is 6.09 Å². The highest BCUT2D eigenvalue weighted by Crippen LogP contribution is 2.24. The van der Waals surface area contributed by atoms with Gasteiger partial charge in [0, 0.05) is 23.7 Å². The molecular formula is C32H33N3O3. The van der Waals surface area contributed by atoms with E-state index in [0.717, 1.165) is 48.9 Å². The van der Waals surface area contributed by atoms with Crippen molar-refractivity contribution in [3.63, 3.8) is 0 Å². The number of allylic oxidation sites excluding steroid dienone is 2. The predicted molar refractivity (Wildman–Crippen MR) is 150 cm³/mol. The zero-order chi connectivity index (χ0) is 26.2. The first-order chi connectivity index (χ1) is 18.7. The topological polar surface area (TPSA) is 63.6 Å². The number of piperidine rings is 1. The van der Waals surface area contributed by atoms with Crippen molar-refractivity contribution in [2.24, 2.45) is 5.92 Å². The molecule has 6 heteroatoms. The molecule has 5 rings (SSSR count). The number of benzene rings is 3. The number of hydrogen-bond acceptors (Lipinski definition) is 4. The number of aromatic nitrogens is 1. The number of alkyl carbamates (subject to hydrolysis) is 1. The maximum Gasteiger partial charge on any atom is 0.408 e. The second kappa shape index (κ2) is 12.4. The Kier molecular flexibility index (Phi) is 8.31. The Labute approximate surface area is 223 Å². The lowest BCUT2D eigenvalue weighted by molar-refractivity contribution is 0.104. The summed E-state index contributed by atoms with van der Waals surface area (Å²) >= 11 is 0. The van der Waals surface area contributed by atoms with Gasteiger partial charge in [-0.3, -0.25) is 9.69 Å². The zero-order valence-corrected chi connectivity index (χ0v) is 21.5. The van der Waals surface area contributed by atoms with Crippen LogP contribution in [0.5, 0.6) is 0 Å². The maximum atomic E-state index is 13.2. The van der Waals surface area contributed by atoms with Crippen molar-refractivity contribution in [1.29, 1.82) is 0 Å².